The highest BCUT2D eigenvalue weighted by Crippen LogP contribution is 2.18. The molecule has 1 N–H and O–H groups in total. The number of aryl methyl sites for hydroxylation is 1. The summed E-state index contributed by atoms with van der Waals surface area (Å²) in [4.78, 5) is 23.8. The van der Waals surface area contributed by atoms with E-state index in [4.69, 9.17) is 0 Å². The topological polar surface area (TPSA) is 55.4 Å². The summed E-state index contributed by atoms with van der Waals surface area (Å²) in [6.07, 6.45) is 1.95. The average Bonchev–Trinajstić information content (AvgIpc) is 2.36. The quantitative estimate of drug-likeness (QED) is 0.654. The summed E-state index contributed by atoms with van der Waals surface area (Å²) < 4.78 is 4.45. The Balaban J connectivity index is 2.77. The number of methoxy groups -OCH3 is 1. The van der Waals surface area contributed by atoms with Crippen molar-refractivity contribution in [3.63, 3.8) is 0 Å². The molecule has 0 radical (unpaired) electrons. The van der Waals surface area contributed by atoms with E-state index in [0.717, 1.165) is 10.5 Å². The van der Waals surface area contributed by atoms with E-state index >= 15 is 0 Å². The average molecular weight is 253 g/mol. The predicted molar refractivity (Wildman–Crippen MR) is 67.3 cm³/mol. The minimum Gasteiger partial charge on any atom is -0.468 e. The SMILES string of the molecule is COC(=O)CNC(=O)c1cc(SC)ccc1C. The van der Waals surface area contributed by atoms with Crippen molar-refractivity contribution in [3.05, 3.63) is 29.3 Å². The lowest BCUT2D eigenvalue weighted by atomic mass is 10.1. The molecule has 1 aromatic rings. The zero-order valence-electron chi connectivity index (χ0n) is 10.1. The number of hydrogen-bond acceptors (Lipinski definition) is 4. The summed E-state index contributed by atoms with van der Waals surface area (Å²) in [6, 6.07) is 5.66. The molecule has 0 aliphatic heterocycles. The summed E-state index contributed by atoms with van der Waals surface area (Å²) in [7, 11) is 1.29. The normalized spacial score (nSPS) is 9.82. The van der Waals surface area contributed by atoms with Gasteiger partial charge in [0.2, 0.25) is 0 Å². The number of carbonyl (C=O) groups is 2. The molecule has 0 unspecified atom stereocenters. The van der Waals surface area contributed by atoms with E-state index in [1.54, 1.807) is 11.8 Å². The molecule has 0 bridgehead atoms. The Morgan fingerprint density at radius 2 is 2.12 bits per heavy atom. The highest BCUT2D eigenvalue weighted by molar-refractivity contribution is 7.98. The Labute approximate surface area is 105 Å². The van der Waals surface area contributed by atoms with Crippen molar-refractivity contribution in [3.8, 4) is 0 Å². The van der Waals surface area contributed by atoms with E-state index < -0.39 is 5.97 Å². The maximum absolute atomic E-state index is 11.8. The summed E-state index contributed by atoms with van der Waals surface area (Å²) in [5.41, 5.74) is 1.46. The van der Waals surface area contributed by atoms with E-state index in [0.29, 0.717) is 5.56 Å². The zero-order chi connectivity index (χ0) is 12.8. The zero-order valence-corrected chi connectivity index (χ0v) is 10.9. The largest absolute Gasteiger partial charge is 0.468 e. The number of ether oxygens (including phenoxy) is 1. The van der Waals surface area contributed by atoms with Crippen LogP contribution in [0.2, 0.25) is 0 Å². The van der Waals surface area contributed by atoms with Crippen LogP contribution in [0.15, 0.2) is 23.1 Å². The Morgan fingerprint density at radius 1 is 1.41 bits per heavy atom. The van der Waals surface area contributed by atoms with Gasteiger partial charge in [0.05, 0.1) is 7.11 Å². The third-order valence-corrected chi connectivity index (χ3v) is 3.04. The van der Waals surface area contributed by atoms with Gasteiger partial charge in [0.25, 0.3) is 5.91 Å². The van der Waals surface area contributed by atoms with Gasteiger partial charge in [-0.2, -0.15) is 0 Å². The van der Waals surface area contributed by atoms with Crippen LogP contribution in [0.5, 0.6) is 0 Å². The number of hydrogen-bond donors (Lipinski definition) is 1. The van der Waals surface area contributed by atoms with E-state index in [9.17, 15) is 9.59 Å². The van der Waals surface area contributed by atoms with Crippen LogP contribution >= 0.6 is 11.8 Å². The van der Waals surface area contributed by atoms with Gasteiger partial charge < -0.3 is 10.1 Å². The van der Waals surface area contributed by atoms with Gasteiger partial charge >= 0.3 is 5.97 Å². The maximum Gasteiger partial charge on any atom is 0.325 e. The van der Waals surface area contributed by atoms with Gasteiger partial charge in [-0.15, -0.1) is 11.8 Å². The van der Waals surface area contributed by atoms with Crippen molar-refractivity contribution < 1.29 is 14.3 Å². The second kappa shape index (κ2) is 6.30. The Kier molecular flexibility index (Phi) is 5.03. The molecule has 0 saturated carbocycles. The molecule has 0 aliphatic carbocycles. The van der Waals surface area contributed by atoms with Crippen molar-refractivity contribution in [2.75, 3.05) is 19.9 Å². The number of nitrogens with one attached hydrogen (secondary N) is 1. The van der Waals surface area contributed by atoms with Gasteiger partial charge in [-0.3, -0.25) is 9.59 Å². The monoisotopic (exact) mass is 253 g/mol. The fourth-order valence-corrected chi connectivity index (χ4v) is 1.73. The van der Waals surface area contributed by atoms with Gasteiger partial charge in [0.15, 0.2) is 0 Å². The van der Waals surface area contributed by atoms with Crippen LogP contribution in [0.3, 0.4) is 0 Å². The van der Waals surface area contributed by atoms with Crippen LogP contribution in [-0.4, -0.2) is 31.8 Å². The maximum atomic E-state index is 11.8. The molecular weight excluding hydrogens is 238 g/mol. The molecule has 4 nitrogen and oxygen atoms in total. The molecule has 0 saturated heterocycles. The predicted octanol–water partition coefficient (Wildman–Crippen LogP) is 1.62. The summed E-state index contributed by atoms with van der Waals surface area (Å²) in [5.74, 6) is -0.721. The van der Waals surface area contributed by atoms with Crippen molar-refractivity contribution in [1.29, 1.82) is 0 Å². The first-order valence-electron chi connectivity index (χ1n) is 5.08. The van der Waals surface area contributed by atoms with Crippen LogP contribution in [0.25, 0.3) is 0 Å². The second-order valence-corrected chi connectivity index (χ2v) is 4.32. The van der Waals surface area contributed by atoms with Crippen molar-refractivity contribution in [2.45, 2.75) is 11.8 Å². The van der Waals surface area contributed by atoms with Crippen LogP contribution in [0.4, 0.5) is 0 Å². The van der Waals surface area contributed by atoms with Crippen LogP contribution in [0, 0.1) is 6.92 Å². The lowest BCUT2D eigenvalue weighted by Crippen LogP contribution is -2.30. The van der Waals surface area contributed by atoms with Crippen molar-refractivity contribution >= 4 is 23.6 Å². The number of carbonyl (C=O) groups excluding carboxylic acids is 2. The molecule has 5 heteroatoms. The molecule has 0 aromatic heterocycles. The highest BCUT2D eigenvalue weighted by atomic mass is 32.2. The lowest BCUT2D eigenvalue weighted by molar-refractivity contribution is -0.139. The number of amides is 1. The number of rotatable bonds is 4. The Morgan fingerprint density at radius 3 is 2.71 bits per heavy atom. The van der Waals surface area contributed by atoms with E-state index in [1.165, 1.54) is 7.11 Å². The molecule has 0 atom stereocenters. The van der Waals surface area contributed by atoms with Crippen molar-refractivity contribution in [1.82, 2.24) is 5.32 Å². The second-order valence-electron chi connectivity index (χ2n) is 3.44. The first kappa shape index (κ1) is 13.6. The number of benzene rings is 1. The number of thioether (sulfide) groups is 1. The first-order chi connectivity index (χ1) is 8.08. The smallest absolute Gasteiger partial charge is 0.325 e. The fraction of sp³-hybridized carbons (Fsp3) is 0.333. The standard InChI is InChI=1S/C12H15NO3S/c1-8-4-5-9(17-3)6-10(8)12(15)13-7-11(14)16-2/h4-6H,7H2,1-3H3,(H,13,15). The van der Waals surface area contributed by atoms with Gasteiger partial charge in [0.1, 0.15) is 6.54 Å². The summed E-state index contributed by atoms with van der Waals surface area (Å²) >= 11 is 1.57. The third-order valence-electron chi connectivity index (χ3n) is 2.31. The molecule has 0 aliphatic rings. The van der Waals surface area contributed by atoms with Crippen molar-refractivity contribution in [2.24, 2.45) is 0 Å². The molecule has 92 valence electrons. The first-order valence-corrected chi connectivity index (χ1v) is 6.30. The molecule has 0 fully saturated rings. The Hall–Kier alpha value is -1.49. The Bertz CT molecular complexity index is 432. The highest BCUT2D eigenvalue weighted by Gasteiger charge is 2.11. The minimum absolute atomic E-state index is 0.113. The van der Waals surface area contributed by atoms with Crippen LogP contribution in [-0.2, 0) is 9.53 Å². The molecule has 1 aromatic carbocycles. The third kappa shape index (κ3) is 3.78. The molecular formula is C12H15NO3S. The van der Waals surface area contributed by atoms with Crippen LogP contribution in [0.1, 0.15) is 15.9 Å². The van der Waals surface area contributed by atoms with Gasteiger partial charge in [-0.25, -0.2) is 0 Å². The fourth-order valence-electron chi connectivity index (χ4n) is 1.29. The van der Waals surface area contributed by atoms with E-state index in [1.807, 2.05) is 31.4 Å². The number of esters is 1. The van der Waals surface area contributed by atoms with Gasteiger partial charge in [-0.05, 0) is 30.9 Å². The lowest BCUT2D eigenvalue weighted by Gasteiger charge is -2.08. The molecule has 1 rings (SSSR count). The molecule has 17 heavy (non-hydrogen) atoms. The van der Waals surface area contributed by atoms with E-state index in [-0.39, 0.29) is 12.5 Å². The molecule has 1 amide bonds. The van der Waals surface area contributed by atoms with Crippen LogP contribution < -0.4 is 5.32 Å². The summed E-state index contributed by atoms with van der Waals surface area (Å²) in [6.45, 7) is 1.75. The van der Waals surface area contributed by atoms with E-state index in [2.05, 4.69) is 10.1 Å². The van der Waals surface area contributed by atoms with Gasteiger partial charge in [-0.1, -0.05) is 6.07 Å². The van der Waals surface area contributed by atoms with Gasteiger partial charge in [0, 0.05) is 10.5 Å². The molecule has 0 heterocycles. The summed E-state index contributed by atoms with van der Waals surface area (Å²) in [5, 5.41) is 2.52. The minimum atomic E-state index is -0.461. The molecule has 0 spiro atoms.